The van der Waals surface area contributed by atoms with E-state index in [1.54, 1.807) is 12.1 Å². The predicted molar refractivity (Wildman–Crippen MR) is 83.1 cm³/mol. The van der Waals surface area contributed by atoms with Gasteiger partial charge in [-0.15, -0.1) is 0 Å². The molecule has 0 amide bonds. The van der Waals surface area contributed by atoms with Crippen LogP contribution in [0.2, 0.25) is 5.02 Å². The van der Waals surface area contributed by atoms with Crippen LogP contribution in [0.3, 0.4) is 0 Å². The fraction of sp³-hybridized carbons (Fsp3) is 0.200. The molecule has 0 saturated heterocycles. The molecule has 0 heterocycles. The molecular formula is C15H13ClF3NO2S. The van der Waals surface area contributed by atoms with Gasteiger partial charge in [0.05, 0.1) is 15.5 Å². The summed E-state index contributed by atoms with van der Waals surface area (Å²) in [5.41, 5.74) is -0.350. The molecule has 0 saturated carbocycles. The third-order valence-electron chi connectivity index (χ3n) is 3.17. The number of hydrogen-bond donors (Lipinski definition) is 1. The van der Waals surface area contributed by atoms with Crippen molar-refractivity contribution in [2.24, 2.45) is 0 Å². The van der Waals surface area contributed by atoms with Crippen LogP contribution in [0.1, 0.15) is 18.1 Å². The van der Waals surface area contributed by atoms with E-state index in [1.165, 1.54) is 18.2 Å². The lowest BCUT2D eigenvalue weighted by Gasteiger charge is -2.13. The summed E-state index contributed by atoms with van der Waals surface area (Å²) in [6.07, 6.45) is -3.92. The SMILES string of the molecule is CCc1ccc(S(=O)(=O)Nc2ccc(Cl)c(C(F)(F)F)c2)cc1. The minimum absolute atomic E-state index is 0.0294. The Balaban J connectivity index is 2.33. The molecule has 0 aliphatic heterocycles. The molecular weight excluding hydrogens is 351 g/mol. The number of benzene rings is 2. The Morgan fingerprint density at radius 2 is 1.70 bits per heavy atom. The molecule has 23 heavy (non-hydrogen) atoms. The summed E-state index contributed by atoms with van der Waals surface area (Å²) in [5, 5.41) is -0.493. The number of aryl methyl sites for hydroxylation is 1. The highest BCUT2D eigenvalue weighted by Gasteiger charge is 2.33. The fourth-order valence-corrected chi connectivity index (χ4v) is 3.20. The predicted octanol–water partition coefficient (Wildman–Crippen LogP) is 4.72. The summed E-state index contributed by atoms with van der Waals surface area (Å²) < 4.78 is 65.0. The van der Waals surface area contributed by atoms with E-state index in [2.05, 4.69) is 4.72 Å². The Kier molecular flexibility index (Phi) is 4.91. The van der Waals surface area contributed by atoms with Crippen LogP contribution in [-0.4, -0.2) is 8.42 Å². The molecule has 124 valence electrons. The van der Waals surface area contributed by atoms with E-state index in [0.717, 1.165) is 18.1 Å². The highest BCUT2D eigenvalue weighted by atomic mass is 35.5. The van der Waals surface area contributed by atoms with Crippen molar-refractivity contribution in [3.8, 4) is 0 Å². The van der Waals surface area contributed by atoms with E-state index in [4.69, 9.17) is 11.6 Å². The van der Waals surface area contributed by atoms with Gasteiger partial charge in [0.2, 0.25) is 0 Å². The molecule has 0 aliphatic rings. The Morgan fingerprint density at radius 1 is 1.09 bits per heavy atom. The molecule has 0 aliphatic carbocycles. The van der Waals surface area contributed by atoms with Crippen molar-refractivity contribution in [3.63, 3.8) is 0 Å². The molecule has 0 atom stereocenters. The minimum atomic E-state index is -4.67. The summed E-state index contributed by atoms with van der Waals surface area (Å²) in [7, 11) is -3.97. The van der Waals surface area contributed by atoms with Crippen LogP contribution < -0.4 is 4.72 Å². The molecule has 0 unspecified atom stereocenters. The summed E-state index contributed by atoms with van der Waals surface area (Å²) in [4.78, 5) is -0.0294. The third-order valence-corrected chi connectivity index (χ3v) is 4.89. The number of alkyl halides is 3. The largest absolute Gasteiger partial charge is 0.417 e. The second kappa shape index (κ2) is 6.41. The van der Waals surface area contributed by atoms with Gasteiger partial charge in [0.1, 0.15) is 0 Å². The van der Waals surface area contributed by atoms with Crippen molar-refractivity contribution in [1.82, 2.24) is 0 Å². The second-order valence-corrected chi connectivity index (χ2v) is 6.88. The lowest BCUT2D eigenvalue weighted by molar-refractivity contribution is -0.137. The number of rotatable bonds is 4. The van der Waals surface area contributed by atoms with Crippen molar-refractivity contribution in [2.75, 3.05) is 4.72 Å². The minimum Gasteiger partial charge on any atom is -0.280 e. The Hall–Kier alpha value is -1.73. The van der Waals surface area contributed by atoms with Crippen LogP contribution >= 0.6 is 11.6 Å². The Labute approximate surface area is 137 Å². The molecule has 8 heteroatoms. The van der Waals surface area contributed by atoms with Gasteiger partial charge in [0.25, 0.3) is 10.0 Å². The Bertz CT molecular complexity index is 802. The van der Waals surface area contributed by atoms with Crippen LogP contribution in [-0.2, 0) is 22.6 Å². The summed E-state index contributed by atoms with van der Waals surface area (Å²) in [6.45, 7) is 1.92. The molecule has 0 fully saturated rings. The summed E-state index contributed by atoms with van der Waals surface area (Å²) >= 11 is 5.51. The standard InChI is InChI=1S/C15H13ClF3NO2S/c1-2-10-3-6-12(7-4-10)23(21,22)20-11-5-8-14(16)13(9-11)15(17,18)19/h3-9,20H,2H2,1H3. The average Bonchev–Trinajstić information content (AvgIpc) is 2.48. The fourth-order valence-electron chi connectivity index (χ4n) is 1.92. The van der Waals surface area contributed by atoms with Gasteiger partial charge in [-0.2, -0.15) is 13.2 Å². The smallest absolute Gasteiger partial charge is 0.280 e. The zero-order chi connectivity index (χ0) is 17.3. The number of hydrogen-bond acceptors (Lipinski definition) is 2. The van der Waals surface area contributed by atoms with Gasteiger partial charge >= 0.3 is 6.18 Å². The number of anilines is 1. The van der Waals surface area contributed by atoms with E-state index in [9.17, 15) is 21.6 Å². The molecule has 2 aromatic rings. The monoisotopic (exact) mass is 363 g/mol. The lowest BCUT2D eigenvalue weighted by atomic mass is 10.2. The van der Waals surface area contributed by atoms with Crippen LogP contribution in [0.15, 0.2) is 47.4 Å². The van der Waals surface area contributed by atoms with E-state index in [1.807, 2.05) is 6.92 Å². The van der Waals surface area contributed by atoms with Crippen molar-refractivity contribution in [1.29, 1.82) is 0 Å². The van der Waals surface area contributed by atoms with Gasteiger partial charge in [-0.25, -0.2) is 8.42 Å². The van der Waals surface area contributed by atoms with Crippen LogP contribution in [0.5, 0.6) is 0 Å². The Morgan fingerprint density at radius 3 is 2.22 bits per heavy atom. The first-order valence-corrected chi connectivity index (χ1v) is 8.48. The number of nitrogens with one attached hydrogen (secondary N) is 1. The zero-order valence-corrected chi connectivity index (χ0v) is 13.6. The van der Waals surface area contributed by atoms with E-state index >= 15 is 0 Å². The highest BCUT2D eigenvalue weighted by Crippen LogP contribution is 2.36. The van der Waals surface area contributed by atoms with Gasteiger partial charge in [-0.1, -0.05) is 30.7 Å². The van der Waals surface area contributed by atoms with Crippen molar-refractivity contribution >= 4 is 27.3 Å². The first-order chi connectivity index (χ1) is 10.6. The summed E-state index contributed by atoms with van der Waals surface area (Å²) in [5.74, 6) is 0. The maximum atomic E-state index is 12.8. The van der Waals surface area contributed by atoms with E-state index in [0.29, 0.717) is 6.07 Å². The van der Waals surface area contributed by atoms with Gasteiger partial charge in [-0.3, -0.25) is 4.72 Å². The molecule has 0 radical (unpaired) electrons. The molecule has 0 bridgehead atoms. The van der Waals surface area contributed by atoms with Crippen molar-refractivity contribution in [3.05, 3.63) is 58.6 Å². The molecule has 0 spiro atoms. The van der Waals surface area contributed by atoms with Gasteiger partial charge in [-0.05, 0) is 42.3 Å². The van der Waals surface area contributed by atoms with Crippen LogP contribution in [0.4, 0.5) is 18.9 Å². The second-order valence-electron chi connectivity index (χ2n) is 4.80. The maximum absolute atomic E-state index is 12.8. The van der Waals surface area contributed by atoms with E-state index < -0.39 is 26.8 Å². The van der Waals surface area contributed by atoms with Gasteiger partial charge < -0.3 is 0 Å². The highest BCUT2D eigenvalue weighted by molar-refractivity contribution is 7.92. The average molecular weight is 364 g/mol. The number of sulfonamides is 1. The molecule has 0 aromatic heterocycles. The lowest BCUT2D eigenvalue weighted by Crippen LogP contribution is -2.14. The maximum Gasteiger partial charge on any atom is 0.417 e. The van der Waals surface area contributed by atoms with Gasteiger partial charge in [0.15, 0.2) is 0 Å². The third kappa shape index (κ3) is 4.17. The molecule has 2 aromatic carbocycles. The van der Waals surface area contributed by atoms with Crippen molar-refractivity contribution < 1.29 is 21.6 Å². The zero-order valence-electron chi connectivity index (χ0n) is 12.0. The van der Waals surface area contributed by atoms with Crippen molar-refractivity contribution in [2.45, 2.75) is 24.4 Å². The summed E-state index contributed by atoms with van der Waals surface area (Å²) in [6, 6.07) is 8.96. The molecule has 2 rings (SSSR count). The van der Waals surface area contributed by atoms with E-state index in [-0.39, 0.29) is 10.6 Å². The normalized spacial score (nSPS) is 12.2. The topological polar surface area (TPSA) is 46.2 Å². The molecule has 3 nitrogen and oxygen atoms in total. The van der Waals surface area contributed by atoms with Crippen LogP contribution in [0, 0.1) is 0 Å². The quantitative estimate of drug-likeness (QED) is 0.854. The first kappa shape index (κ1) is 17.6. The first-order valence-electron chi connectivity index (χ1n) is 6.62. The van der Waals surface area contributed by atoms with Crippen LogP contribution in [0.25, 0.3) is 0 Å². The van der Waals surface area contributed by atoms with Gasteiger partial charge in [0, 0.05) is 5.69 Å². The number of halogens is 4. The molecule has 1 N–H and O–H groups in total.